The van der Waals surface area contributed by atoms with E-state index in [1.807, 2.05) is 12.1 Å². The summed E-state index contributed by atoms with van der Waals surface area (Å²) in [5.41, 5.74) is 1.37. The number of phosphoric ester groups is 1. The van der Waals surface area contributed by atoms with Gasteiger partial charge < -0.3 is 10.2 Å². The quantitative estimate of drug-likeness (QED) is 0.354. The molecule has 5 aliphatic rings. The second kappa shape index (κ2) is 11.0. The molecule has 6 rings (SSSR count). The number of aliphatic hydroxyl groups excluding tert-OH is 2. The maximum absolute atomic E-state index is 13.3. The van der Waals surface area contributed by atoms with Gasteiger partial charge in [-0.15, -0.1) is 0 Å². The Morgan fingerprint density at radius 2 is 1.77 bits per heavy atom. The van der Waals surface area contributed by atoms with Crippen LogP contribution in [0.25, 0.3) is 0 Å². The van der Waals surface area contributed by atoms with Crippen LogP contribution in [-0.2, 0) is 18.1 Å². The molecule has 0 bridgehead atoms. The Kier molecular flexibility index (Phi) is 8.07. The predicted octanol–water partition coefficient (Wildman–Crippen LogP) is 6.95. The van der Waals surface area contributed by atoms with Crippen LogP contribution in [0, 0.1) is 52.3 Å². The van der Waals surface area contributed by atoms with Gasteiger partial charge in [-0.05, 0) is 121 Å². The second-order valence-electron chi connectivity index (χ2n) is 14.5. The van der Waals surface area contributed by atoms with Crippen LogP contribution in [0.2, 0.25) is 0 Å². The molecule has 5 fully saturated rings. The number of rotatable bonds is 6. The zero-order valence-corrected chi connectivity index (χ0v) is 25.7. The van der Waals surface area contributed by atoms with Gasteiger partial charge >= 0.3 is 7.82 Å². The number of aliphatic hydroxyl groups is 2. The molecule has 1 aromatic rings. The fraction of sp³-hybridized carbons (Fsp3) is 0.844. The lowest BCUT2D eigenvalue weighted by Crippen LogP contribution is -2.61. The Labute approximate surface area is 240 Å². The molecular weight excluding hydrogens is 525 g/mol. The highest BCUT2D eigenvalue weighted by Crippen LogP contribution is 2.69. The summed E-state index contributed by atoms with van der Waals surface area (Å²) in [5, 5.41) is 22.2. The summed E-state index contributed by atoms with van der Waals surface area (Å²) in [5.74, 6) is 3.06. The smallest absolute Gasteiger partial charge is 0.393 e. The van der Waals surface area contributed by atoms with Crippen molar-refractivity contribution in [1.29, 1.82) is 0 Å². The minimum atomic E-state index is -3.60. The third kappa shape index (κ3) is 4.95. The summed E-state index contributed by atoms with van der Waals surface area (Å²) in [6.45, 7) is 10.3. The highest BCUT2D eigenvalue weighted by Gasteiger charge is 2.64. The SMILES string of the molecule is C[C@H](CCO[P@@]1(=O)OCC[C@@H](c2ccncc2)O1)[C@H]1CCC2C3C(CC[C@@]21C)[C@@]1(C)CC[C@@H](O)CC1[C@@H](C)[C@H]3O. The summed E-state index contributed by atoms with van der Waals surface area (Å²) in [6.07, 6.45) is 11.7. The molecule has 2 N–H and O–H groups in total. The van der Waals surface area contributed by atoms with Crippen LogP contribution >= 0.6 is 7.82 Å². The Bertz CT molecular complexity index is 1090. The van der Waals surface area contributed by atoms with E-state index in [9.17, 15) is 14.8 Å². The zero-order chi connectivity index (χ0) is 28.3. The van der Waals surface area contributed by atoms with Crippen molar-refractivity contribution in [1.82, 2.24) is 4.98 Å². The van der Waals surface area contributed by atoms with Crippen molar-refractivity contribution >= 4 is 7.82 Å². The van der Waals surface area contributed by atoms with Crippen LogP contribution in [0.5, 0.6) is 0 Å². The monoisotopic (exact) mass is 575 g/mol. The van der Waals surface area contributed by atoms with Crippen LogP contribution in [0.4, 0.5) is 0 Å². The number of phosphoric acid groups is 1. The number of nitrogens with zero attached hydrogens (tertiary/aromatic N) is 1. The predicted molar refractivity (Wildman–Crippen MR) is 153 cm³/mol. The molecule has 1 aromatic heterocycles. The highest BCUT2D eigenvalue weighted by atomic mass is 31.2. The third-order valence-corrected chi connectivity index (χ3v) is 14.2. The van der Waals surface area contributed by atoms with Crippen molar-refractivity contribution in [2.24, 2.45) is 52.3 Å². The fourth-order valence-corrected chi connectivity index (χ4v) is 12.0. The van der Waals surface area contributed by atoms with Gasteiger partial charge in [0.1, 0.15) is 0 Å². The number of pyridine rings is 1. The summed E-state index contributed by atoms with van der Waals surface area (Å²) in [6, 6.07) is 3.77. The molecule has 0 spiro atoms. The number of hydrogen-bond acceptors (Lipinski definition) is 7. The van der Waals surface area contributed by atoms with Crippen molar-refractivity contribution in [2.75, 3.05) is 13.2 Å². The molecule has 2 heterocycles. The molecule has 1 saturated heterocycles. The Morgan fingerprint density at radius 3 is 2.55 bits per heavy atom. The van der Waals surface area contributed by atoms with Gasteiger partial charge in [0, 0.05) is 18.8 Å². The van der Waals surface area contributed by atoms with Crippen LogP contribution < -0.4 is 0 Å². The molecule has 0 amide bonds. The lowest BCUT2D eigenvalue weighted by Gasteiger charge is -2.64. The maximum Gasteiger partial charge on any atom is 0.475 e. The van der Waals surface area contributed by atoms with E-state index in [0.29, 0.717) is 55.1 Å². The van der Waals surface area contributed by atoms with Crippen LogP contribution in [0.1, 0.15) is 97.1 Å². The lowest BCUT2D eigenvalue weighted by atomic mass is 9.42. The average Bonchev–Trinajstić information content (AvgIpc) is 3.30. The first kappa shape index (κ1) is 29.3. The number of hydrogen-bond donors (Lipinski definition) is 2. The van der Waals surface area contributed by atoms with E-state index in [2.05, 4.69) is 32.7 Å². The zero-order valence-electron chi connectivity index (χ0n) is 24.8. The Morgan fingerprint density at radius 1 is 1.05 bits per heavy atom. The normalized spacial score (nSPS) is 49.5. The van der Waals surface area contributed by atoms with Gasteiger partial charge in [0.05, 0.1) is 31.5 Å². The summed E-state index contributed by atoms with van der Waals surface area (Å²) in [7, 11) is -3.60. The van der Waals surface area contributed by atoms with Crippen molar-refractivity contribution in [3.05, 3.63) is 30.1 Å². The molecule has 0 radical (unpaired) electrons. The topological polar surface area (TPSA) is 98.1 Å². The van der Waals surface area contributed by atoms with E-state index >= 15 is 0 Å². The van der Waals surface area contributed by atoms with Crippen molar-refractivity contribution in [3.8, 4) is 0 Å². The lowest BCUT2D eigenvalue weighted by molar-refractivity contribution is -0.199. The molecule has 13 atom stereocenters. The van der Waals surface area contributed by atoms with Crippen molar-refractivity contribution in [2.45, 2.75) is 104 Å². The molecule has 4 saturated carbocycles. The van der Waals surface area contributed by atoms with E-state index in [4.69, 9.17) is 13.6 Å². The van der Waals surface area contributed by atoms with E-state index in [0.717, 1.165) is 31.2 Å². The minimum absolute atomic E-state index is 0.202. The highest BCUT2D eigenvalue weighted by molar-refractivity contribution is 7.48. The second-order valence-corrected chi connectivity index (χ2v) is 16.1. The standard InChI is InChI=1S/C32H50NO6P/c1-20(11-17-37-40(36)38-18-12-28(39-40)22-9-15-33-16-10-22)24-5-6-25-29-26(8-14-31(24,25)3)32(4)13-7-23(34)19-27(32)21(2)30(29)35/h9-10,15-16,20-21,23-30,34-35H,5-8,11-14,17-19H2,1-4H3/t20-,21-,23-,24-,25?,26?,27?,28+,29?,30-,31-,32-,40+/m1/s1. The van der Waals surface area contributed by atoms with Gasteiger partial charge in [0.15, 0.2) is 0 Å². The van der Waals surface area contributed by atoms with Gasteiger partial charge in [-0.25, -0.2) is 4.57 Å². The van der Waals surface area contributed by atoms with Gasteiger partial charge in [-0.3, -0.25) is 18.6 Å². The van der Waals surface area contributed by atoms with Gasteiger partial charge in [0.25, 0.3) is 0 Å². The van der Waals surface area contributed by atoms with Crippen LogP contribution in [-0.4, -0.2) is 40.6 Å². The summed E-state index contributed by atoms with van der Waals surface area (Å²) < 4.78 is 30.5. The van der Waals surface area contributed by atoms with Gasteiger partial charge in [-0.2, -0.15) is 0 Å². The van der Waals surface area contributed by atoms with E-state index in [1.165, 1.54) is 25.7 Å². The van der Waals surface area contributed by atoms with Crippen molar-refractivity contribution in [3.63, 3.8) is 0 Å². The molecule has 0 aromatic carbocycles. The van der Waals surface area contributed by atoms with Gasteiger partial charge in [-0.1, -0.05) is 27.7 Å². The molecule has 4 aliphatic carbocycles. The number of aromatic nitrogens is 1. The number of fused-ring (bicyclic) bond motifs is 5. The average molecular weight is 576 g/mol. The molecule has 7 nitrogen and oxygen atoms in total. The molecular formula is C32H50NO6P. The van der Waals surface area contributed by atoms with E-state index in [1.54, 1.807) is 12.4 Å². The molecule has 8 heteroatoms. The first-order chi connectivity index (χ1) is 19.1. The van der Waals surface area contributed by atoms with Crippen LogP contribution in [0.15, 0.2) is 24.5 Å². The Hall–Kier alpha value is -0.820. The molecule has 224 valence electrons. The first-order valence-electron chi connectivity index (χ1n) is 15.9. The largest absolute Gasteiger partial charge is 0.475 e. The fourth-order valence-electron chi connectivity index (χ4n) is 10.6. The first-order valence-corrected chi connectivity index (χ1v) is 17.4. The molecule has 40 heavy (non-hydrogen) atoms. The molecule has 4 unspecified atom stereocenters. The third-order valence-electron chi connectivity index (χ3n) is 12.7. The summed E-state index contributed by atoms with van der Waals surface area (Å²) in [4.78, 5) is 4.06. The molecule has 1 aliphatic heterocycles. The summed E-state index contributed by atoms with van der Waals surface area (Å²) >= 11 is 0. The maximum atomic E-state index is 13.3. The minimum Gasteiger partial charge on any atom is -0.393 e. The van der Waals surface area contributed by atoms with E-state index in [-0.39, 0.29) is 35.1 Å². The van der Waals surface area contributed by atoms with E-state index < -0.39 is 7.82 Å². The van der Waals surface area contributed by atoms with Gasteiger partial charge in [0.2, 0.25) is 0 Å². The van der Waals surface area contributed by atoms with Crippen molar-refractivity contribution < 1.29 is 28.3 Å². The van der Waals surface area contributed by atoms with Crippen LogP contribution in [0.3, 0.4) is 0 Å². The Balaban J connectivity index is 1.10.